The number of pyridine rings is 1. The number of amides is 2. The van der Waals surface area contributed by atoms with Crippen molar-refractivity contribution in [3.63, 3.8) is 0 Å². The van der Waals surface area contributed by atoms with Gasteiger partial charge in [-0.25, -0.2) is 4.98 Å². The molecule has 0 saturated carbocycles. The minimum atomic E-state index is -0.273. The minimum Gasteiger partial charge on any atom is -0.475 e. The summed E-state index contributed by atoms with van der Waals surface area (Å²) in [4.78, 5) is 30.5. The molecule has 1 fully saturated rings. The van der Waals surface area contributed by atoms with Crippen molar-refractivity contribution in [2.24, 2.45) is 0 Å². The standard InChI is InChI=1S/C19H20ClN3O4/c1-26-8-9-27-17-10-13(6-7-21-17)19(25)22-15-11-18(24)23(12-15)16-4-2-14(20)3-5-16/h2-7,10,15H,8-9,11-12H2,1H3,(H,22,25)/t15-/m1/s1. The Morgan fingerprint density at radius 2 is 2.07 bits per heavy atom. The normalized spacial score (nSPS) is 16.4. The van der Waals surface area contributed by atoms with Gasteiger partial charge in [-0.05, 0) is 30.3 Å². The Balaban J connectivity index is 1.60. The van der Waals surface area contributed by atoms with Crippen LogP contribution >= 0.6 is 11.6 Å². The van der Waals surface area contributed by atoms with Gasteiger partial charge >= 0.3 is 0 Å². The first-order chi connectivity index (χ1) is 13.1. The molecule has 3 rings (SSSR count). The Morgan fingerprint density at radius 1 is 1.30 bits per heavy atom. The van der Waals surface area contributed by atoms with E-state index in [1.54, 1.807) is 48.4 Å². The zero-order valence-electron chi connectivity index (χ0n) is 14.9. The van der Waals surface area contributed by atoms with Crippen molar-refractivity contribution in [3.8, 4) is 5.88 Å². The topological polar surface area (TPSA) is 80.8 Å². The highest BCUT2D eigenvalue weighted by Crippen LogP contribution is 2.23. The van der Waals surface area contributed by atoms with Crippen molar-refractivity contribution in [1.82, 2.24) is 10.3 Å². The van der Waals surface area contributed by atoms with Crippen molar-refractivity contribution in [2.75, 3.05) is 31.8 Å². The Labute approximate surface area is 162 Å². The molecule has 0 spiro atoms. The molecule has 8 heteroatoms. The van der Waals surface area contributed by atoms with Gasteiger partial charge in [0, 0.05) is 48.6 Å². The van der Waals surface area contributed by atoms with Crippen LogP contribution in [-0.4, -0.2) is 49.7 Å². The van der Waals surface area contributed by atoms with E-state index in [1.807, 2.05) is 0 Å². The molecule has 0 aliphatic carbocycles. The van der Waals surface area contributed by atoms with Gasteiger partial charge in [-0.2, -0.15) is 0 Å². The fourth-order valence-corrected chi connectivity index (χ4v) is 2.93. The highest BCUT2D eigenvalue weighted by Gasteiger charge is 2.31. The second-order valence-electron chi connectivity index (χ2n) is 6.08. The summed E-state index contributed by atoms with van der Waals surface area (Å²) < 4.78 is 10.3. The lowest BCUT2D eigenvalue weighted by atomic mass is 10.2. The second-order valence-corrected chi connectivity index (χ2v) is 6.52. The number of carbonyl (C=O) groups excluding carboxylic acids is 2. The molecule has 1 aliphatic rings. The number of ether oxygens (including phenoxy) is 2. The largest absolute Gasteiger partial charge is 0.475 e. The van der Waals surface area contributed by atoms with Crippen LogP contribution in [0.15, 0.2) is 42.6 Å². The molecule has 1 aromatic heterocycles. The van der Waals surface area contributed by atoms with Gasteiger partial charge < -0.3 is 19.7 Å². The summed E-state index contributed by atoms with van der Waals surface area (Å²) in [6.45, 7) is 1.19. The van der Waals surface area contributed by atoms with E-state index in [-0.39, 0.29) is 24.3 Å². The Bertz CT molecular complexity index is 813. The summed E-state index contributed by atoms with van der Waals surface area (Å²) in [6, 6.07) is 9.95. The molecule has 2 heterocycles. The van der Waals surface area contributed by atoms with Crippen LogP contribution in [0.1, 0.15) is 16.8 Å². The van der Waals surface area contributed by atoms with Crippen LogP contribution in [0, 0.1) is 0 Å². The zero-order valence-corrected chi connectivity index (χ0v) is 15.6. The average molecular weight is 390 g/mol. The van der Waals surface area contributed by atoms with E-state index in [1.165, 1.54) is 6.20 Å². The SMILES string of the molecule is COCCOc1cc(C(=O)N[C@@H]2CC(=O)N(c3ccc(Cl)cc3)C2)ccn1. The molecule has 1 aromatic carbocycles. The van der Waals surface area contributed by atoms with Crippen LogP contribution in [0.2, 0.25) is 5.02 Å². The number of rotatable bonds is 7. The molecule has 2 amide bonds. The lowest BCUT2D eigenvalue weighted by Crippen LogP contribution is -2.37. The number of hydrogen-bond donors (Lipinski definition) is 1. The molecule has 0 unspecified atom stereocenters. The van der Waals surface area contributed by atoms with Gasteiger partial charge in [-0.15, -0.1) is 0 Å². The lowest BCUT2D eigenvalue weighted by Gasteiger charge is -2.17. The fraction of sp³-hybridized carbons (Fsp3) is 0.316. The first-order valence-corrected chi connectivity index (χ1v) is 8.89. The van der Waals surface area contributed by atoms with Crippen LogP contribution in [0.25, 0.3) is 0 Å². The Morgan fingerprint density at radius 3 is 2.81 bits per heavy atom. The van der Waals surface area contributed by atoms with Crippen LogP contribution in [0.5, 0.6) is 5.88 Å². The van der Waals surface area contributed by atoms with E-state index in [2.05, 4.69) is 10.3 Å². The van der Waals surface area contributed by atoms with Crippen LogP contribution < -0.4 is 15.0 Å². The third kappa shape index (κ3) is 4.96. The van der Waals surface area contributed by atoms with E-state index in [0.29, 0.717) is 36.2 Å². The van der Waals surface area contributed by atoms with E-state index < -0.39 is 0 Å². The average Bonchev–Trinajstić information content (AvgIpc) is 3.03. The molecule has 142 valence electrons. The fourth-order valence-electron chi connectivity index (χ4n) is 2.80. The molecule has 2 aromatic rings. The van der Waals surface area contributed by atoms with Crippen molar-refractivity contribution in [1.29, 1.82) is 0 Å². The number of hydrogen-bond acceptors (Lipinski definition) is 5. The molecule has 7 nitrogen and oxygen atoms in total. The molecular formula is C19H20ClN3O4. The van der Waals surface area contributed by atoms with Crippen molar-refractivity contribution in [2.45, 2.75) is 12.5 Å². The van der Waals surface area contributed by atoms with E-state index in [0.717, 1.165) is 5.69 Å². The van der Waals surface area contributed by atoms with E-state index >= 15 is 0 Å². The molecule has 1 N–H and O–H groups in total. The van der Waals surface area contributed by atoms with Crippen molar-refractivity contribution < 1.29 is 19.1 Å². The summed E-state index contributed by atoms with van der Waals surface area (Å²) in [7, 11) is 1.58. The number of halogens is 1. The summed E-state index contributed by atoms with van der Waals surface area (Å²) in [5.41, 5.74) is 1.19. The van der Waals surface area contributed by atoms with Gasteiger partial charge in [-0.1, -0.05) is 11.6 Å². The summed E-state index contributed by atoms with van der Waals surface area (Å²) in [5, 5.41) is 3.50. The number of aromatic nitrogens is 1. The van der Waals surface area contributed by atoms with Gasteiger partial charge in [0.2, 0.25) is 11.8 Å². The maximum Gasteiger partial charge on any atom is 0.251 e. The third-order valence-electron chi connectivity index (χ3n) is 4.13. The second kappa shape index (κ2) is 8.83. The van der Waals surface area contributed by atoms with E-state index in [4.69, 9.17) is 21.1 Å². The Hall–Kier alpha value is -2.64. The highest BCUT2D eigenvalue weighted by atomic mass is 35.5. The van der Waals surface area contributed by atoms with Gasteiger partial charge in [0.15, 0.2) is 0 Å². The summed E-state index contributed by atoms with van der Waals surface area (Å²) >= 11 is 5.89. The quantitative estimate of drug-likeness (QED) is 0.735. The molecule has 0 bridgehead atoms. The molecule has 27 heavy (non-hydrogen) atoms. The first-order valence-electron chi connectivity index (χ1n) is 8.51. The van der Waals surface area contributed by atoms with Crippen molar-refractivity contribution in [3.05, 3.63) is 53.2 Å². The van der Waals surface area contributed by atoms with Crippen LogP contribution in [0.3, 0.4) is 0 Å². The molecule has 0 radical (unpaired) electrons. The maximum absolute atomic E-state index is 12.5. The number of benzene rings is 1. The van der Waals surface area contributed by atoms with Gasteiger partial charge in [0.25, 0.3) is 5.91 Å². The van der Waals surface area contributed by atoms with Crippen LogP contribution in [0.4, 0.5) is 5.69 Å². The predicted molar refractivity (Wildman–Crippen MR) is 101 cm³/mol. The summed E-state index contributed by atoms with van der Waals surface area (Å²) in [5.74, 6) is 0.0377. The number of carbonyl (C=O) groups is 2. The lowest BCUT2D eigenvalue weighted by molar-refractivity contribution is -0.117. The predicted octanol–water partition coefficient (Wildman–Crippen LogP) is 2.30. The smallest absolute Gasteiger partial charge is 0.251 e. The van der Waals surface area contributed by atoms with Gasteiger partial charge in [0.1, 0.15) is 6.61 Å². The highest BCUT2D eigenvalue weighted by molar-refractivity contribution is 6.30. The molecule has 1 atom stereocenters. The first kappa shape index (κ1) is 19.1. The number of methoxy groups -OCH3 is 1. The number of anilines is 1. The Kier molecular flexibility index (Phi) is 6.26. The number of nitrogens with one attached hydrogen (secondary N) is 1. The van der Waals surface area contributed by atoms with Crippen LogP contribution in [-0.2, 0) is 9.53 Å². The van der Waals surface area contributed by atoms with E-state index in [9.17, 15) is 9.59 Å². The van der Waals surface area contributed by atoms with Gasteiger partial charge in [-0.3, -0.25) is 9.59 Å². The summed E-state index contributed by atoms with van der Waals surface area (Å²) in [6.07, 6.45) is 1.76. The monoisotopic (exact) mass is 389 g/mol. The molecular weight excluding hydrogens is 370 g/mol. The minimum absolute atomic E-state index is 0.0408. The third-order valence-corrected chi connectivity index (χ3v) is 4.38. The molecule has 1 aliphatic heterocycles. The molecule has 1 saturated heterocycles. The maximum atomic E-state index is 12.5. The van der Waals surface area contributed by atoms with Crippen molar-refractivity contribution >= 4 is 29.1 Å². The number of nitrogens with zero attached hydrogens (tertiary/aromatic N) is 2. The van der Waals surface area contributed by atoms with Gasteiger partial charge in [0.05, 0.1) is 12.6 Å². The zero-order chi connectivity index (χ0) is 19.2.